The molecule has 0 saturated heterocycles. The number of halogens is 1. The molecule has 1 aromatic carbocycles. The average Bonchev–Trinajstić information content (AvgIpc) is 2.40. The first kappa shape index (κ1) is 16.1. The molecule has 5 nitrogen and oxygen atoms in total. The van der Waals surface area contributed by atoms with Gasteiger partial charge in [0.25, 0.3) is 0 Å². The molecule has 0 radical (unpaired) electrons. The molecule has 0 spiro atoms. The summed E-state index contributed by atoms with van der Waals surface area (Å²) < 4.78 is 17.6. The number of amides is 1. The Kier molecular flexibility index (Phi) is 6.11. The van der Waals surface area contributed by atoms with Gasteiger partial charge in [0.15, 0.2) is 0 Å². The summed E-state index contributed by atoms with van der Waals surface area (Å²) in [6, 6.07) is 5.73. The van der Waals surface area contributed by atoms with Gasteiger partial charge in [-0.2, -0.15) is 0 Å². The molecule has 0 aliphatic carbocycles. The smallest absolute Gasteiger partial charge is 0.308 e. The molecule has 0 aromatic heterocycles. The molecule has 0 heterocycles. The number of aliphatic carboxylic acids is 1. The third-order valence-electron chi connectivity index (χ3n) is 2.82. The Morgan fingerprint density at radius 3 is 2.45 bits per heavy atom. The molecule has 6 heteroatoms. The lowest BCUT2D eigenvalue weighted by atomic mass is 10.1. The van der Waals surface area contributed by atoms with Crippen LogP contribution in [0.15, 0.2) is 24.3 Å². The van der Waals surface area contributed by atoms with E-state index in [1.54, 1.807) is 12.1 Å². The van der Waals surface area contributed by atoms with Crippen LogP contribution in [-0.4, -0.2) is 42.1 Å². The van der Waals surface area contributed by atoms with Crippen LogP contribution in [-0.2, 0) is 20.9 Å². The quantitative estimate of drug-likeness (QED) is 0.824. The van der Waals surface area contributed by atoms with Crippen molar-refractivity contribution < 1.29 is 23.8 Å². The number of carboxylic acid groups (broad SMARTS) is 1. The van der Waals surface area contributed by atoms with Crippen molar-refractivity contribution in [2.45, 2.75) is 13.5 Å². The molecule has 0 aliphatic rings. The highest BCUT2D eigenvalue weighted by molar-refractivity contribution is 5.78. The summed E-state index contributed by atoms with van der Waals surface area (Å²) >= 11 is 0. The molecule has 1 amide bonds. The summed E-state index contributed by atoms with van der Waals surface area (Å²) in [5, 5.41) is 8.93. The predicted octanol–water partition coefficient (Wildman–Crippen LogP) is 1.52. The molecule has 1 aromatic rings. The van der Waals surface area contributed by atoms with E-state index in [0.29, 0.717) is 0 Å². The van der Waals surface area contributed by atoms with Crippen LogP contribution in [0.2, 0.25) is 0 Å². The fraction of sp³-hybridized carbons (Fsp3) is 0.429. The highest BCUT2D eigenvalue weighted by Gasteiger charge is 2.20. The van der Waals surface area contributed by atoms with Gasteiger partial charge in [0.2, 0.25) is 5.91 Å². The summed E-state index contributed by atoms with van der Waals surface area (Å²) in [6.45, 7) is 1.71. The van der Waals surface area contributed by atoms with Crippen LogP contribution in [0.1, 0.15) is 12.5 Å². The zero-order valence-electron chi connectivity index (χ0n) is 11.5. The molecule has 1 unspecified atom stereocenters. The highest BCUT2D eigenvalue weighted by atomic mass is 19.1. The molecule has 0 saturated carbocycles. The molecular weight excluding hydrogens is 265 g/mol. The van der Waals surface area contributed by atoms with Gasteiger partial charge in [-0.15, -0.1) is 0 Å². The molecule has 1 rings (SSSR count). The van der Waals surface area contributed by atoms with E-state index in [2.05, 4.69) is 0 Å². The number of benzene rings is 1. The zero-order chi connectivity index (χ0) is 15.1. The largest absolute Gasteiger partial charge is 0.481 e. The van der Waals surface area contributed by atoms with Gasteiger partial charge in [-0.05, 0) is 17.7 Å². The Labute approximate surface area is 117 Å². The van der Waals surface area contributed by atoms with Crippen molar-refractivity contribution in [2.24, 2.45) is 5.92 Å². The van der Waals surface area contributed by atoms with Gasteiger partial charge in [0, 0.05) is 20.2 Å². The van der Waals surface area contributed by atoms with Gasteiger partial charge in [-0.1, -0.05) is 19.1 Å². The van der Waals surface area contributed by atoms with Crippen LogP contribution in [0.3, 0.4) is 0 Å². The second-order valence-electron chi connectivity index (χ2n) is 4.57. The number of carbonyl (C=O) groups excluding carboxylic acids is 1. The Bertz CT molecular complexity index is 461. The van der Waals surface area contributed by atoms with Crippen LogP contribution in [0, 0.1) is 11.7 Å². The fourth-order valence-electron chi connectivity index (χ4n) is 1.69. The second-order valence-corrected chi connectivity index (χ2v) is 4.57. The summed E-state index contributed by atoms with van der Waals surface area (Å²) in [6.07, 6.45) is 0. The van der Waals surface area contributed by atoms with Crippen LogP contribution in [0.4, 0.5) is 4.39 Å². The zero-order valence-corrected chi connectivity index (χ0v) is 11.5. The monoisotopic (exact) mass is 283 g/mol. The van der Waals surface area contributed by atoms with Crippen molar-refractivity contribution in [2.75, 3.05) is 20.3 Å². The van der Waals surface area contributed by atoms with Gasteiger partial charge in [-0.3, -0.25) is 9.59 Å². The van der Waals surface area contributed by atoms with Crippen molar-refractivity contribution in [1.82, 2.24) is 4.90 Å². The minimum Gasteiger partial charge on any atom is -0.481 e. The molecule has 0 aliphatic heterocycles. The molecule has 110 valence electrons. The van der Waals surface area contributed by atoms with Gasteiger partial charge >= 0.3 is 5.97 Å². The minimum atomic E-state index is -0.973. The highest BCUT2D eigenvalue weighted by Crippen LogP contribution is 2.10. The Hall–Kier alpha value is -1.95. The molecule has 0 fully saturated rings. The molecular formula is C14H18FNO4. The summed E-state index contributed by atoms with van der Waals surface area (Å²) in [5.74, 6) is -2.32. The number of rotatable bonds is 7. The maximum atomic E-state index is 12.8. The second kappa shape index (κ2) is 7.59. The van der Waals surface area contributed by atoms with Gasteiger partial charge in [0.1, 0.15) is 12.4 Å². The van der Waals surface area contributed by atoms with Crippen LogP contribution < -0.4 is 0 Å². The van der Waals surface area contributed by atoms with Gasteiger partial charge in [-0.25, -0.2) is 4.39 Å². The minimum absolute atomic E-state index is 0.0783. The Morgan fingerprint density at radius 2 is 1.95 bits per heavy atom. The number of hydrogen-bond donors (Lipinski definition) is 1. The summed E-state index contributed by atoms with van der Waals surface area (Å²) in [4.78, 5) is 24.2. The number of hydrogen-bond acceptors (Lipinski definition) is 3. The lowest BCUT2D eigenvalue weighted by Gasteiger charge is -2.24. The average molecular weight is 283 g/mol. The van der Waals surface area contributed by atoms with Crippen molar-refractivity contribution in [1.29, 1.82) is 0 Å². The number of nitrogens with zero attached hydrogens (tertiary/aromatic N) is 1. The first-order valence-electron chi connectivity index (χ1n) is 6.18. The first-order chi connectivity index (χ1) is 9.43. The van der Waals surface area contributed by atoms with Crippen molar-refractivity contribution in [3.05, 3.63) is 35.6 Å². The van der Waals surface area contributed by atoms with Gasteiger partial charge in [0.05, 0.1) is 5.92 Å². The standard InChI is InChI=1S/C14H18FNO4/c1-10(14(18)19)7-16(13(17)9-20-2)8-11-3-5-12(15)6-4-11/h3-6,10H,7-9H2,1-2H3,(H,18,19). The lowest BCUT2D eigenvalue weighted by molar-refractivity contribution is -0.144. The molecule has 0 bridgehead atoms. The maximum absolute atomic E-state index is 12.8. The number of carboxylic acids is 1. The van der Waals surface area contributed by atoms with Crippen LogP contribution >= 0.6 is 0 Å². The summed E-state index contributed by atoms with van der Waals surface area (Å²) in [7, 11) is 1.40. The van der Waals surface area contributed by atoms with E-state index in [1.807, 2.05) is 0 Å². The van der Waals surface area contributed by atoms with E-state index >= 15 is 0 Å². The van der Waals surface area contributed by atoms with Crippen molar-refractivity contribution in [3.8, 4) is 0 Å². The van der Waals surface area contributed by atoms with Crippen LogP contribution in [0.25, 0.3) is 0 Å². The third kappa shape index (κ3) is 4.97. The van der Waals surface area contributed by atoms with Crippen LogP contribution in [0.5, 0.6) is 0 Å². The Morgan fingerprint density at radius 1 is 1.35 bits per heavy atom. The number of methoxy groups -OCH3 is 1. The molecule has 20 heavy (non-hydrogen) atoms. The van der Waals surface area contributed by atoms with E-state index in [0.717, 1.165) is 5.56 Å². The summed E-state index contributed by atoms with van der Waals surface area (Å²) in [5.41, 5.74) is 0.730. The predicted molar refractivity (Wildman–Crippen MR) is 70.5 cm³/mol. The first-order valence-corrected chi connectivity index (χ1v) is 6.18. The van der Waals surface area contributed by atoms with Gasteiger partial charge < -0.3 is 14.7 Å². The number of carbonyl (C=O) groups is 2. The normalized spacial score (nSPS) is 11.9. The Balaban J connectivity index is 2.78. The third-order valence-corrected chi connectivity index (χ3v) is 2.82. The van der Waals surface area contributed by atoms with Crippen molar-refractivity contribution >= 4 is 11.9 Å². The van der Waals surface area contributed by atoms with E-state index in [1.165, 1.54) is 31.1 Å². The fourth-order valence-corrected chi connectivity index (χ4v) is 1.69. The topological polar surface area (TPSA) is 66.8 Å². The van der Waals surface area contributed by atoms with E-state index in [4.69, 9.17) is 9.84 Å². The van der Waals surface area contributed by atoms with Crippen molar-refractivity contribution in [3.63, 3.8) is 0 Å². The lowest BCUT2D eigenvalue weighted by Crippen LogP contribution is -2.38. The van der Waals surface area contributed by atoms with E-state index in [9.17, 15) is 14.0 Å². The van der Waals surface area contributed by atoms with E-state index < -0.39 is 11.9 Å². The SMILES string of the molecule is COCC(=O)N(Cc1ccc(F)cc1)CC(C)C(=O)O. The van der Waals surface area contributed by atoms with E-state index in [-0.39, 0.29) is 31.4 Å². The number of ether oxygens (including phenoxy) is 1. The maximum Gasteiger partial charge on any atom is 0.308 e. The molecule has 1 N–H and O–H groups in total. The molecule has 1 atom stereocenters.